The molecule has 6 nitrogen and oxygen atoms in total. The van der Waals surface area contributed by atoms with Crippen molar-refractivity contribution in [3.8, 4) is 11.5 Å². The van der Waals surface area contributed by atoms with E-state index in [4.69, 9.17) is 9.47 Å². The average molecular weight is 393 g/mol. The molecule has 0 atom stereocenters. The first-order valence-corrected chi connectivity index (χ1v) is 9.48. The summed E-state index contributed by atoms with van der Waals surface area (Å²) in [5, 5.41) is 4.33. The van der Waals surface area contributed by atoms with Gasteiger partial charge in [0, 0.05) is 31.4 Å². The van der Waals surface area contributed by atoms with Crippen molar-refractivity contribution < 1.29 is 14.3 Å². The molecule has 0 bridgehead atoms. The predicted octanol–water partition coefficient (Wildman–Crippen LogP) is 3.90. The van der Waals surface area contributed by atoms with Crippen molar-refractivity contribution in [1.29, 1.82) is 0 Å². The molecule has 0 saturated carbocycles. The lowest BCUT2D eigenvalue weighted by molar-refractivity contribution is 0.0783. The van der Waals surface area contributed by atoms with Gasteiger partial charge in [-0.15, -0.1) is 0 Å². The van der Waals surface area contributed by atoms with Gasteiger partial charge in [0.25, 0.3) is 5.91 Å². The highest BCUT2D eigenvalue weighted by molar-refractivity contribution is 5.94. The zero-order valence-corrected chi connectivity index (χ0v) is 17.6. The van der Waals surface area contributed by atoms with E-state index in [0.717, 1.165) is 28.1 Å². The molecule has 0 aliphatic carbocycles. The third-order valence-electron chi connectivity index (χ3n) is 4.77. The second kappa shape index (κ2) is 8.82. The molecule has 0 radical (unpaired) electrons. The lowest BCUT2D eigenvalue weighted by Gasteiger charge is -2.18. The third-order valence-corrected chi connectivity index (χ3v) is 4.77. The first-order chi connectivity index (χ1) is 13.9. The molecule has 0 unspecified atom stereocenters. The highest BCUT2D eigenvalue weighted by Crippen LogP contribution is 2.25. The number of ether oxygens (including phenoxy) is 2. The van der Waals surface area contributed by atoms with Crippen molar-refractivity contribution in [3.05, 3.63) is 76.6 Å². The Labute approximate surface area is 171 Å². The molecular formula is C23H27N3O3. The van der Waals surface area contributed by atoms with Crippen LogP contribution in [0.25, 0.3) is 0 Å². The number of hydrogen-bond donors (Lipinski definition) is 0. The molecule has 1 amide bonds. The fourth-order valence-corrected chi connectivity index (χ4v) is 3.13. The van der Waals surface area contributed by atoms with Gasteiger partial charge in [0.2, 0.25) is 0 Å². The summed E-state index contributed by atoms with van der Waals surface area (Å²) in [6.07, 6.45) is 1.86. The lowest BCUT2D eigenvalue weighted by Crippen LogP contribution is -2.26. The van der Waals surface area contributed by atoms with Gasteiger partial charge in [-0.25, -0.2) is 0 Å². The molecule has 0 N–H and O–H groups in total. The van der Waals surface area contributed by atoms with Gasteiger partial charge in [-0.1, -0.05) is 12.1 Å². The van der Waals surface area contributed by atoms with Crippen molar-refractivity contribution in [1.82, 2.24) is 14.7 Å². The lowest BCUT2D eigenvalue weighted by atomic mass is 10.1. The summed E-state index contributed by atoms with van der Waals surface area (Å²) in [5.74, 6) is 1.45. The Kier molecular flexibility index (Phi) is 6.22. The normalized spacial score (nSPS) is 10.7. The summed E-state index contributed by atoms with van der Waals surface area (Å²) < 4.78 is 13.2. The van der Waals surface area contributed by atoms with Gasteiger partial charge in [0.15, 0.2) is 0 Å². The number of amides is 1. The van der Waals surface area contributed by atoms with E-state index in [2.05, 4.69) is 11.2 Å². The zero-order chi connectivity index (χ0) is 21.0. The Morgan fingerprint density at radius 2 is 1.90 bits per heavy atom. The van der Waals surface area contributed by atoms with Crippen LogP contribution in [0.1, 0.15) is 32.7 Å². The van der Waals surface area contributed by atoms with Crippen LogP contribution < -0.4 is 9.47 Å². The fraction of sp³-hybridized carbons (Fsp3) is 0.304. The van der Waals surface area contributed by atoms with E-state index in [9.17, 15) is 4.79 Å². The molecule has 152 valence electrons. The van der Waals surface area contributed by atoms with Gasteiger partial charge < -0.3 is 14.4 Å². The van der Waals surface area contributed by atoms with Crippen LogP contribution in [-0.4, -0.2) is 34.7 Å². The quantitative estimate of drug-likeness (QED) is 0.611. The molecule has 1 aromatic heterocycles. The molecule has 2 aromatic carbocycles. The zero-order valence-electron chi connectivity index (χ0n) is 17.6. The molecule has 1 heterocycles. The average Bonchev–Trinajstić information content (AvgIpc) is 3.12. The Balaban J connectivity index is 1.76. The molecule has 0 saturated heterocycles. The minimum atomic E-state index is -0.0775. The number of carbonyl (C=O) groups is 1. The van der Waals surface area contributed by atoms with E-state index in [1.807, 2.05) is 57.4 Å². The molecule has 0 fully saturated rings. The molecule has 3 aromatic rings. The smallest absolute Gasteiger partial charge is 0.253 e. The molecule has 6 heteroatoms. The molecule has 0 aliphatic heterocycles. The molecule has 3 rings (SSSR count). The van der Waals surface area contributed by atoms with Gasteiger partial charge in [0.1, 0.15) is 18.1 Å². The van der Waals surface area contributed by atoms with Gasteiger partial charge in [-0.3, -0.25) is 9.48 Å². The number of aryl methyl sites for hydroxylation is 3. The fourth-order valence-electron chi connectivity index (χ4n) is 3.13. The second-order valence-corrected chi connectivity index (χ2v) is 7.23. The third kappa shape index (κ3) is 4.96. The number of benzene rings is 2. The SMILES string of the molecule is COc1ccc(C(=O)N(C)Cc2ccn(C)n2)cc1COc1cc(C)ccc1C. The van der Waals surface area contributed by atoms with Crippen LogP contribution in [0.2, 0.25) is 0 Å². The van der Waals surface area contributed by atoms with Crippen molar-refractivity contribution in [2.45, 2.75) is 27.0 Å². The van der Waals surface area contributed by atoms with Crippen molar-refractivity contribution in [2.75, 3.05) is 14.2 Å². The first-order valence-electron chi connectivity index (χ1n) is 9.48. The van der Waals surface area contributed by atoms with Crippen LogP contribution in [0.3, 0.4) is 0 Å². The summed E-state index contributed by atoms with van der Waals surface area (Å²) in [6.45, 7) is 4.81. The topological polar surface area (TPSA) is 56.6 Å². The Morgan fingerprint density at radius 1 is 1.10 bits per heavy atom. The minimum absolute atomic E-state index is 0.0775. The molecular weight excluding hydrogens is 366 g/mol. The monoisotopic (exact) mass is 393 g/mol. The standard InChI is InChI=1S/C23H27N3O3/c1-16-6-7-17(2)22(12-16)29-15-19-13-18(8-9-21(19)28-5)23(27)25(3)14-20-10-11-26(4)24-20/h6-13H,14-15H2,1-5H3. The Hall–Kier alpha value is -3.28. The Bertz CT molecular complexity index is 1010. The maximum absolute atomic E-state index is 12.9. The number of rotatable bonds is 7. The number of hydrogen-bond acceptors (Lipinski definition) is 4. The van der Waals surface area contributed by atoms with Gasteiger partial charge >= 0.3 is 0 Å². The number of nitrogens with zero attached hydrogens (tertiary/aromatic N) is 3. The van der Waals surface area contributed by atoms with Crippen molar-refractivity contribution in [3.63, 3.8) is 0 Å². The summed E-state index contributed by atoms with van der Waals surface area (Å²) in [4.78, 5) is 14.5. The van der Waals surface area contributed by atoms with E-state index in [1.165, 1.54) is 0 Å². The van der Waals surface area contributed by atoms with Crippen molar-refractivity contribution >= 4 is 5.91 Å². The maximum atomic E-state index is 12.9. The van der Waals surface area contributed by atoms with Crippen LogP contribution in [-0.2, 0) is 20.2 Å². The van der Waals surface area contributed by atoms with Crippen LogP contribution in [0.15, 0.2) is 48.7 Å². The Morgan fingerprint density at radius 3 is 2.59 bits per heavy atom. The molecule has 0 spiro atoms. The predicted molar refractivity (Wildman–Crippen MR) is 112 cm³/mol. The molecule has 0 aliphatic rings. The van der Waals surface area contributed by atoms with Gasteiger partial charge in [0.05, 0.1) is 19.3 Å². The van der Waals surface area contributed by atoms with E-state index >= 15 is 0 Å². The van der Waals surface area contributed by atoms with E-state index in [1.54, 1.807) is 29.8 Å². The van der Waals surface area contributed by atoms with Crippen LogP contribution in [0.4, 0.5) is 0 Å². The summed E-state index contributed by atoms with van der Waals surface area (Å²) in [6, 6.07) is 13.4. The maximum Gasteiger partial charge on any atom is 0.253 e. The summed E-state index contributed by atoms with van der Waals surface area (Å²) >= 11 is 0. The summed E-state index contributed by atoms with van der Waals surface area (Å²) in [7, 11) is 5.25. The highest BCUT2D eigenvalue weighted by Gasteiger charge is 2.16. The first kappa shape index (κ1) is 20.5. The van der Waals surface area contributed by atoms with Gasteiger partial charge in [-0.05, 0) is 55.3 Å². The van der Waals surface area contributed by atoms with Crippen LogP contribution in [0, 0.1) is 13.8 Å². The van der Waals surface area contributed by atoms with E-state index < -0.39 is 0 Å². The van der Waals surface area contributed by atoms with E-state index in [-0.39, 0.29) is 5.91 Å². The minimum Gasteiger partial charge on any atom is -0.496 e. The second-order valence-electron chi connectivity index (χ2n) is 7.23. The summed E-state index contributed by atoms with van der Waals surface area (Å²) in [5.41, 5.74) is 4.46. The van der Waals surface area contributed by atoms with Crippen molar-refractivity contribution in [2.24, 2.45) is 7.05 Å². The highest BCUT2D eigenvalue weighted by atomic mass is 16.5. The van der Waals surface area contributed by atoms with Crippen LogP contribution >= 0.6 is 0 Å². The number of aromatic nitrogens is 2. The number of carbonyl (C=O) groups excluding carboxylic acids is 1. The van der Waals surface area contributed by atoms with E-state index in [0.29, 0.717) is 24.5 Å². The number of methoxy groups -OCH3 is 1. The van der Waals surface area contributed by atoms with Crippen LogP contribution in [0.5, 0.6) is 11.5 Å². The molecule has 29 heavy (non-hydrogen) atoms. The van der Waals surface area contributed by atoms with Gasteiger partial charge in [-0.2, -0.15) is 5.10 Å². The largest absolute Gasteiger partial charge is 0.496 e.